The molecule has 0 bridgehead atoms. The second-order valence-electron chi connectivity index (χ2n) is 5.51. The van der Waals surface area contributed by atoms with Crippen molar-refractivity contribution in [2.75, 3.05) is 11.1 Å². The smallest absolute Gasteiger partial charge is 0.225 e. The number of fused-ring (bicyclic) bond motifs is 1. The average molecular weight is 361 g/mol. The van der Waals surface area contributed by atoms with Gasteiger partial charge in [-0.15, -0.1) is 11.3 Å². The van der Waals surface area contributed by atoms with Crippen LogP contribution in [0.15, 0.2) is 17.6 Å². The Morgan fingerprint density at radius 1 is 1.42 bits per heavy atom. The highest BCUT2D eigenvalue weighted by Gasteiger charge is 2.09. The van der Waals surface area contributed by atoms with Gasteiger partial charge in [-0.05, 0) is 19.9 Å². The molecule has 0 saturated heterocycles. The number of aromatic nitrogens is 4. The molecule has 0 atom stereocenters. The lowest BCUT2D eigenvalue weighted by Gasteiger charge is -2.05. The van der Waals surface area contributed by atoms with Gasteiger partial charge in [0.05, 0.1) is 28.3 Å². The quantitative estimate of drug-likeness (QED) is 0.682. The molecule has 1 N–H and O–H groups in total. The summed E-state index contributed by atoms with van der Waals surface area (Å²) < 4.78 is 1.74. The maximum absolute atomic E-state index is 12.1. The molecule has 0 saturated carbocycles. The number of thiazole rings is 1. The molecule has 3 aromatic rings. The third-order valence-corrected chi connectivity index (χ3v) is 5.35. The molecule has 126 valence electrons. The van der Waals surface area contributed by atoms with Gasteiger partial charge in [0.15, 0.2) is 5.65 Å². The Morgan fingerprint density at radius 3 is 3.00 bits per heavy atom. The van der Waals surface area contributed by atoms with Gasteiger partial charge in [0.2, 0.25) is 5.91 Å². The highest BCUT2D eigenvalue weighted by Crippen LogP contribution is 2.20. The Balaban J connectivity index is 1.50. The summed E-state index contributed by atoms with van der Waals surface area (Å²) in [6.07, 6.45) is 2.14. The van der Waals surface area contributed by atoms with E-state index in [1.807, 2.05) is 27.0 Å². The Kier molecular flexibility index (Phi) is 5.15. The maximum atomic E-state index is 12.1. The van der Waals surface area contributed by atoms with Crippen LogP contribution >= 0.6 is 23.1 Å². The van der Waals surface area contributed by atoms with E-state index in [0.29, 0.717) is 12.1 Å². The first-order valence-corrected chi connectivity index (χ1v) is 9.64. The van der Waals surface area contributed by atoms with E-state index in [1.165, 1.54) is 0 Å². The van der Waals surface area contributed by atoms with Gasteiger partial charge in [0.1, 0.15) is 0 Å². The molecule has 0 aliphatic carbocycles. The number of aryl methyl sites for hydroxylation is 3. The van der Waals surface area contributed by atoms with Crippen LogP contribution in [0, 0.1) is 13.8 Å². The van der Waals surface area contributed by atoms with Crippen LogP contribution in [0.1, 0.15) is 22.8 Å². The number of nitrogens with one attached hydrogen (secondary N) is 1. The molecule has 0 unspecified atom stereocenters. The van der Waals surface area contributed by atoms with E-state index in [0.717, 1.165) is 38.9 Å². The molecule has 0 aromatic carbocycles. The molecule has 0 aliphatic rings. The highest BCUT2D eigenvalue weighted by atomic mass is 32.2. The Morgan fingerprint density at radius 2 is 2.25 bits per heavy atom. The van der Waals surface area contributed by atoms with Crippen molar-refractivity contribution in [3.8, 4) is 0 Å². The first-order valence-electron chi connectivity index (χ1n) is 7.61. The first kappa shape index (κ1) is 16.9. The van der Waals surface area contributed by atoms with Crippen molar-refractivity contribution in [1.29, 1.82) is 0 Å². The van der Waals surface area contributed by atoms with Crippen molar-refractivity contribution >= 4 is 45.7 Å². The molecular weight excluding hydrogens is 342 g/mol. The molecule has 3 rings (SSSR count). The zero-order chi connectivity index (χ0) is 17.1. The third kappa shape index (κ3) is 3.93. The zero-order valence-electron chi connectivity index (χ0n) is 13.9. The van der Waals surface area contributed by atoms with Crippen molar-refractivity contribution < 1.29 is 4.79 Å². The number of rotatable bonds is 6. The lowest BCUT2D eigenvalue weighted by Crippen LogP contribution is -2.12. The van der Waals surface area contributed by atoms with Gasteiger partial charge in [-0.3, -0.25) is 9.48 Å². The molecule has 0 spiro atoms. The molecule has 24 heavy (non-hydrogen) atoms. The second kappa shape index (κ2) is 7.31. The van der Waals surface area contributed by atoms with Gasteiger partial charge >= 0.3 is 0 Å². The van der Waals surface area contributed by atoms with Crippen LogP contribution in [0.5, 0.6) is 0 Å². The summed E-state index contributed by atoms with van der Waals surface area (Å²) in [4.78, 5) is 20.8. The van der Waals surface area contributed by atoms with Crippen LogP contribution in [0.2, 0.25) is 0 Å². The standard InChI is InChI=1S/C16H19N5OS2/c1-10-14-6-12(7-17-16(14)21(3)20-10)19-15(22)4-5-23-8-13-9-24-11(2)18-13/h6-7,9H,4-5,8H2,1-3H3,(H,19,22). The predicted octanol–water partition coefficient (Wildman–Crippen LogP) is 3.30. The Bertz CT molecular complexity index is 871. The van der Waals surface area contributed by atoms with Crippen molar-refractivity contribution in [2.45, 2.75) is 26.0 Å². The summed E-state index contributed by atoms with van der Waals surface area (Å²) in [5.74, 6) is 1.61. The summed E-state index contributed by atoms with van der Waals surface area (Å²) in [6.45, 7) is 3.94. The summed E-state index contributed by atoms with van der Waals surface area (Å²) in [5.41, 5.74) is 3.53. The molecule has 1 amide bonds. The normalized spacial score (nSPS) is 11.1. The molecule has 3 aromatic heterocycles. The van der Waals surface area contributed by atoms with Gasteiger partial charge in [-0.25, -0.2) is 9.97 Å². The lowest BCUT2D eigenvalue weighted by atomic mass is 10.2. The first-order chi connectivity index (χ1) is 11.5. The fourth-order valence-corrected chi connectivity index (χ4v) is 3.97. The van der Waals surface area contributed by atoms with E-state index >= 15 is 0 Å². The molecule has 8 heteroatoms. The highest BCUT2D eigenvalue weighted by molar-refractivity contribution is 7.98. The SMILES string of the molecule is Cc1nc(CSCCC(=O)Nc2cnc3c(c2)c(C)nn3C)cs1. The summed E-state index contributed by atoms with van der Waals surface area (Å²) in [7, 11) is 1.86. The van der Waals surface area contributed by atoms with Crippen LogP contribution in [-0.4, -0.2) is 31.4 Å². The number of amides is 1. The monoisotopic (exact) mass is 361 g/mol. The number of nitrogens with zero attached hydrogens (tertiary/aromatic N) is 4. The fraction of sp³-hybridized carbons (Fsp3) is 0.375. The number of pyridine rings is 1. The van der Waals surface area contributed by atoms with E-state index < -0.39 is 0 Å². The van der Waals surface area contributed by atoms with E-state index in [-0.39, 0.29) is 5.91 Å². The summed E-state index contributed by atoms with van der Waals surface area (Å²) in [6, 6.07) is 1.92. The summed E-state index contributed by atoms with van der Waals surface area (Å²) >= 11 is 3.38. The zero-order valence-corrected chi connectivity index (χ0v) is 15.5. The molecule has 0 aliphatic heterocycles. The van der Waals surface area contributed by atoms with Gasteiger partial charge in [0, 0.05) is 35.7 Å². The Hall–Kier alpha value is -1.93. The van der Waals surface area contributed by atoms with Crippen LogP contribution in [-0.2, 0) is 17.6 Å². The average Bonchev–Trinajstić information content (AvgIpc) is 3.08. The number of anilines is 1. The number of thioether (sulfide) groups is 1. The van der Waals surface area contributed by atoms with Crippen molar-refractivity contribution in [2.24, 2.45) is 7.05 Å². The minimum Gasteiger partial charge on any atom is -0.325 e. The van der Waals surface area contributed by atoms with Crippen LogP contribution in [0.4, 0.5) is 5.69 Å². The Labute approximate surface area is 148 Å². The van der Waals surface area contributed by atoms with Crippen molar-refractivity contribution in [3.05, 3.63) is 34.0 Å². The van der Waals surface area contributed by atoms with Gasteiger partial charge in [0.25, 0.3) is 0 Å². The fourth-order valence-electron chi connectivity index (χ4n) is 2.42. The second-order valence-corrected chi connectivity index (χ2v) is 7.68. The maximum Gasteiger partial charge on any atom is 0.225 e. The molecular formula is C16H19N5OS2. The number of hydrogen-bond donors (Lipinski definition) is 1. The number of hydrogen-bond acceptors (Lipinski definition) is 6. The molecule has 3 heterocycles. The molecule has 6 nitrogen and oxygen atoms in total. The number of carbonyl (C=O) groups is 1. The van der Waals surface area contributed by atoms with Gasteiger partial charge < -0.3 is 5.32 Å². The van der Waals surface area contributed by atoms with Crippen LogP contribution < -0.4 is 5.32 Å². The van der Waals surface area contributed by atoms with Crippen molar-refractivity contribution in [3.63, 3.8) is 0 Å². The minimum absolute atomic E-state index is 0.000322. The van der Waals surface area contributed by atoms with Crippen LogP contribution in [0.3, 0.4) is 0 Å². The van der Waals surface area contributed by atoms with Gasteiger partial charge in [-0.2, -0.15) is 16.9 Å². The van der Waals surface area contributed by atoms with Crippen molar-refractivity contribution in [1.82, 2.24) is 19.7 Å². The lowest BCUT2D eigenvalue weighted by molar-refractivity contribution is -0.115. The molecule has 0 fully saturated rings. The van der Waals surface area contributed by atoms with E-state index in [4.69, 9.17) is 0 Å². The van der Waals surface area contributed by atoms with E-state index in [9.17, 15) is 4.79 Å². The molecule has 0 radical (unpaired) electrons. The van der Waals surface area contributed by atoms with Crippen LogP contribution in [0.25, 0.3) is 11.0 Å². The third-order valence-electron chi connectivity index (χ3n) is 3.54. The van der Waals surface area contributed by atoms with E-state index in [2.05, 4.69) is 25.8 Å². The van der Waals surface area contributed by atoms with E-state index in [1.54, 1.807) is 34.0 Å². The minimum atomic E-state index is -0.000322. The topological polar surface area (TPSA) is 72.7 Å². The predicted molar refractivity (Wildman–Crippen MR) is 99.5 cm³/mol. The number of carbonyl (C=O) groups excluding carboxylic acids is 1. The van der Waals surface area contributed by atoms with Gasteiger partial charge in [-0.1, -0.05) is 0 Å². The largest absolute Gasteiger partial charge is 0.325 e. The summed E-state index contributed by atoms with van der Waals surface area (Å²) in [5, 5.41) is 11.4.